The van der Waals surface area contributed by atoms with Crippen LogP contribution in [-0.2, 0) is 6.42 Å². The van der Waals surface area contributed by atoms with Crippen molar-refractivity contribution in [2.45, 2.75) is 38.3 Å². The minimum absolute atomic E-state index is 0.000663. The third-order valence-corrected chi connectivity index (χ3v) is 5.08. The van der Waals surface area contributed by atoms with Crippen molar-refractivity contribution in [3.8, 4) is 0 Å². The molecule has 0 saturated heterocycles. The molecule has 0 unspecified atom stereocenters. The topological polar surface area (TPSA) is 62.2 Å². The largest absolute Gasteiger partial charge is 0.393 e. The third kappa shape index (κ3) is 3.94. The number of rotatable bonds is 5. The van der Waals surface area contributed by atoms with Gasteiger partial charge in [0, 0.05) is 29.0 Å². The van der Waals surface area contributed by atoms with Crippen LogP contribution in [0.25, 0.3) is 0 Å². The molecule has 0 radical (unpaired) electrons. The van der Waals surface area contributed by atoms with Crippen molar-refractivity contribution in [2.24, 2.45) is 5.92 Å². The molecule has 1 atom stereocenters. The summed E-state index contributed by atoms with van der Waals surface area (Å²) in [4.78, 5) is 16.6. The first kappa shape index (κ1) is 16.9. The van der Waals surface area contributed by atoms with E-state index in [1.54, 1.807) is 30.6 Å². The lowest BCUT2D eigenvalue weighted by atomic mass is 9.75. The number of benzene rings is 1. The lowest BCUT2D eigenvalue weighted by Crippen LogP contribution is -2.48. The average molecular weight is 345 g/mol. The number of nitrogens with one attached hydrogen (secondary N) is 1. The van der Waals surface area contributed by atoms with Gasteiger partial charge in [-0.05, 0) is 73.6 Å². The second-order valence-corrected chi connectivity index (χ2v) is 6.90. The number of aryl methyl sites for hydroxylation is 1. The van der Waals surface area contributed by atoms with Crippen LogP contribution in [0.2, 0.25) is 5.02 Å². The van der Waals surface area contributed by atoms with E-state index in [2.05, 4.69) is 10.3 Å². The van der Waals surface area contributed by atoms with Crippen molar-refractivity contribution in [3.63, 3.8) is 0 Å². The fourth-order valence-corrected chi connectivity index (χ4v) is 3.22. The number of hydrogen-bond donors (Lipinski definition) is 2. The summed E-state index contributed by atoms with van der Waals surface area (Å²) in [6.45, 7) is 1.88. The van der Waals surface area contributed by atoms with Gasteiger partial charge in [0.1, 0.15) is 0 Å². The van der Waals surface area contributed by atoms with Gasteiger partial charge in [0.05, 0.1) is 6.10 Å². The summed E-state index contributed by atoms with van der Waals surface area (Å²) in [6, 6.07) is 9.21. The zero-order valence-corrected chi connectivity index (χ0v) is 14.3. The van der Waals surface area contributed by atoms with Gasteiger partial charge in [0.15, 0.2) is 0 Å². The fourth-order valence-electron chi connectivity index (χ4n) is 3.10. The monoisotopic (exact) mass is 344 g/mol. The van der Waals surface area contributed by atoms with E-state index in [1.807, 2.05) is 19.1 Å². The molecular formula is C19H21ClN2O2. The van der Waals surface area contributed by atoms with E-state index in [4.69, 9.17) is 11.6 Å². The highest BCUT2D eigenvalue weighted by Crippen LogP contribution is 2.32. The number of carbonyl (C=O) groups excluding carboxylic acids is 1. The molecule has 2 aromatic rings. The molecule has 0 bridgehead atoms. The summed E-state index contributed by atoms with van der Waals surface area (Å²) in [5.74, 6) is 0.195. The van der Waals surface area contributed by atoms with Crippen LogP contribution in [0.5, 0.6) is 0 Å². The molecule has 3 rings (SSSR count). The first-order chi connectivity index (χ1) is 11.5. The predicted octanol–water partition coefficient (Wildman–Crippen LogP) is 3.16. The lowest BCUT2D eigenvalue weighted by molar-refractivity contribution is 0.0239. The Morgan fingerprint density at radius 2 is 2.04 bits per heavy atom. The van der Waals surface area contributed by atoms with E-state index < -0.39 is 0 Å². The number of pyridine rings is 1. The van der Waals surface area contributed by atoms with Gasteiger partial charge in [-0.1, -0.05) is 11.6 Å². The molecule has 1 saturated carbocycles. The summed E-state index contributed by atoms with van der Waals surface area (Å²) < 4.78 is 0. The molecule has 4 nitrogen and oxygen atoms in total. The van der Waals surface area contributed by atoms with Crippen LogP contribution in [0.1, 0.15) is 34.3 Å². The summed E-state index contributed by atoms with van der Waals surface area (Å²) in [7, 11) is 0. The van der Waals surface area contributed by atoms with Crippen LogP contribution in [0.3, 0.4) is 0 Å². The molecular weight excluding hydrogens is 324 g/mol. The maximum Gasteiger partial charge on any atom is 0.251 e. The van der Waals surface area contributed by atoms with Crippen molar-refractivity contribution in [3.05, 3.63) is 64.4 Å². The zero-order valence-electron chi connectivity index (χ0n) is 13.6. The van der Waals surface area contributed by atoms with E-state index in [-0.39, 0.29) is 18.1 Å². The first-order valence-electron chi connectivity index (χ1n) is 8.17. The van der Waals surface area contributed by atoms with Gasteiger partial charge in [-0.2, -0.15) is 0 Å². The van der Waals surface area contributed by atoms with Gasteiger partial charge in [0.2, 0.25) is 0 Å². The highest BCUT2D eigenvalue weighted by molar-refractivity contribution is 6.31. The summed E-state index contributed by atoms with van der Waals surface area (Å²) in [6.07, 6.45) is 5.46. The molecule has 1 aliphatic carbocycles. The molecule has 1 fully saturated rings. The molecule has 1 amide bonds. The Hall–Kier alpha value is -1.91. The maximum atomic E-state index is 12.6. The second-order valence-electron chi connectivity index (χ2n) is 6.49. The van der Waals surface area contributed by atoms with Gasteiger partial charge in [-0.25, -0.2) is 0 Å². The number of hydrogen-bond acceptors (Lipinski definition) is 3. The number of carbonyl (C=O) groups is 1. The number of aliphatic hydroxyl groups excluding tert-OH is 1. The van der Waals surface area contributed by atoms with Crippen molar-refractivity contribution < 1.29 is 9.90 Å². The number of halogens is 1. The minimum Gasteiger partial charge on any atom is -0.393 e. The van der Waals surface area contributed by atoms with Crippen LogP contribution in [0.4, 0.5) is 0 Å². The Bertz CT molecular complexity index is 715. The summed E-state index contributed by atoms with van der Waals surface area (Å²) in [5.41, 5.74) is 2.62. The van der Waals surface area contributed by atoms with E-state index in [0.29, 0.717) is 16.5 Å². The van der Waals surface area contributed by atoms with Crippen LogP contribution < -0.4 is 5.32 Å². The molecule has 0 spiro atoms. The van der Waals surface area contributed by atoms with E-state index in [9.17, 15) is 9.90 Å². The number of amides is 1. The normalized spacial score (nSPS) is 21.0. The van der Waals surface area contributed by atoms with E-state index in [1.165, 1.54) is 0 Å². The molecule has 1 heterocycles. The van der Waals surface area contributed by atoms with Gasteiger partial charge >= 0.3 is 0 Å². The molecule has 1 aromatic carbocycles. The SMILES string of the molecule is Cc1cc(C(=O)N[C@H](Cc2ccncc2)C2CC(O)C2)ccc1Cl. The standard InChI is InChI=1S/C19H21ClN2O2/c1-12-8-14(2-3-17(12)20)19(24)22-18(15-10-16(23)11-15)9-13-4-6-21-7-5-13/h2-8,15-16,18,23H,9-11H2,1H3,(H,22,24)/t15?,16?,18-/m1/s1. The lowest BCUT2D eigenvalue weighted by Gasteiger charge is -2.38. The Morgan fingerprint density at radius 3 is 2.67 bits per heavy atom. The van der Waals surface area contributed by atoms with Crippen molar-refractivity contribution in [1.29, 1.82) is 0 Å². The number of aliphatic hydroxyl groups is 1. The quantitative estimate of drug-likeness (QED) is 0.875. The highest BCUT2D eigenvalue weighted by atomic mass is 35.5. The summed E-state index contributed by atoms with van der Waals surface area (Å²) in [5, 5.41) is 13.4. The molecule has 1 aliphatic rings. The van der Waals surface area contributed by atoms with E-state index >= 15 is 0 Å². The van der Waals surface area contributed by atoms with Crippen molar-refractivity contribution in [1.82, 2.24) is 10.3 Å². The number of aromatic nitrogens is 1. The Kier molecular flexibility index (Phi) is 5.17. The van der Waals surface area contributed by atoms with Gasteiger partial charge in [-0.15, -0.1) is 0 Å². The molecule has 5 heteroatoms. The van der Waals surface area contributed by atoms with Crippen molar-refractivity contribution >= 4 is 17.5 Å². The Morgan fingerprint density at radius 1 is 1.33 bits per heavy atom. The van der Waals surface area contributed by atoms with Crippen LogP contribution in [0, 0.1) is 12.8 Å². The number of nitrogens with zero attached hydrogens (tertiary/aromatic N) is 1. The highest BCUT2D eigenvalue weighted by Gasteiger charge is 2.34. The van der Waals surface area contributed by atoms with Crippen LogP contribution in [-0.4, -0.2) is 28.1 Å². The maximum absolute atomic E-state index is 12.6. The second kappa shape index (κ2) is 7.32. The Labute approximate surface area is 146 Å². The molecule has 0 aliphatic heterocycles. The zero-order chi connectivity index (χ0) is 17.1. The first-order valence-corrected chi connectivity index (χ1v) is 8.54. The third-order valence-electron chi connectivity index (χ3n) is 4.66. The van der Waals surface area contributed by atoms with Gasteiger partial charge in [0.25, 0.3) is 5.91 Å². The summed E-state index contributed by atoms with van der Waals surface area (Å²) >= 11 is 6.03. The molecule has 24 heavy (non-hydrogen) atoms. The molecule has 126 valence electrons. The van der Waals surface area contributed by atoms with Crippen molar-refractivity contribution in [2.75, 3.05) is 0 Å². The van der Waals surface area contributed by atoms with Gasteiger partial charge < -0.3 is 10.4 Å². The average Bonchev–Trinajstić information content (AvgIpc) is 2.55. The van der Waals surface area contributed by atoms with Crippen LogP contribution in [0.15, 0.2) is 42.7 Å². The molecule has 1 aromatic heterocycles. The Balaban J connectivity index is 1.73. The fraction of sp³-hybridized carbons (Fsp3) is 0.368. The van der Waals surface area contributed by atoms with E-state index in [0.717, 1.165) is 30.4 Å². The molecule has 2 N–H and O–H groups in total. The smallest absolute Gasteiger partial charge is 0.251 e. The van der Waals surface area contributed by atoms with Crippen LogP contribution >= 0.6 is 11.6 Å². The minimum atomic E-state index is -0.246. The van der Waals surface area contributed by atoms with Gasteiger partial charge in [-0.3, -0.25) is 9.78 Å². The predicted molar refractivity (Wildman–Crippen MR) is 94.1 cm³/mol.